The zero-order valence-corrected chi connectivity index (χ0v) is 15.6. The Hall–Kier alpha value is -2.43. The number of rotatable bonds is 5. The summed E-state index contributed by atoms with van der Waals surface area (Å²) in [6.45, 7) is 1.75. The highest BCUT2D eigenvalue weighted by atomic mass is 19.1. The van der Waals surface area contributed by atoms with Crippen LogP contribution in [-0.4, -0.2) is 34.0 Å². The minimum absolute atomic E-state index is 0.118. The van der Waals surface area contributed by atoms with Gasteiger partial charge in [0.2, 0.25) is 11.8 Å². The fourth-order valence-corrected chi connectivity index (χ4v) is 4.39. The minimum atomic E-state index is -0.201. The molecule has 27 heavy (non-hydrogen) atoms. The fourth-order valence-electron chi connectivity index (χ4n) is 4.39. The summed E-state index contributed by atoms with van der Waals surface area (Å²) < 4.78 is 19.7. The van der Waals surface area contributed by atoms with Crippen molar-refractivity contribution in [3.05, 3.63) is 59.5 Å². The van der Waals surface area contributed by atoms with E-state index in [1.807, 2.05) is 24.3 Å². The molecule has 2 aliphatic heterocycles. The van der Waals surface area contributed by atoms with Gasteiger partial charge in [-0.15, -0.1) is 0 Å². The van der Waals surface area contributed by atoms with Gasteiger partial charge in [-0.2, -0.15) is 0 Å². The van der Waals surface area contributed by atoms with E-state index in [1.165, 1.54) is 0 Å². The minimum Gasteiger partial charge on any atom is -0.474 e. The predicted molar refractivity (Wildman–Crippen MR) is 101 cm³/mol. The Kier molecular flexibility index (Phi) is 5.10. The SMILES string of the molecule is Cc1ccc(CCC(=O)N2C3CCC2CC(Oc2ccccn2)C3)cc1F. The molecule has 2 bridgehead atoms. The van der Waals surface area contributed by atoms with Crippen LogP contribution >= 0.6 is 0 Å². The van der Waals surface area contributed by atoms with Gasteiger partial charge in [0.1, 0.15) is 11.9 Å². The number of ether oxygens (including phenoxy) is 1. The second-order valence-corrected chi connectivity index (χ2v) is 7.65. The second kappa shape index (κ2) is 7.67. The molecule has 2 aromatic rings. The van der Waals surface area contributed by atoms with Crippen LogP contribution in [0.3, 0.4) is 0 Å². The van der Waals surface area contributed by atoms with Crippen molar-refractivity contribution in [2.75, 3.05) is 0 Å². The van der Waals surface area contributed by atoms with Gasteiger partial charge >= 0.3 is 0 Å². The van der Waals surface area contributed by atoms with Crippen molar-refractivity contribution >= 4 is 5.91 Å². The third-order valence-corrected chi connectivity index (χ3v) is 5.77. The molecule has 4 nitrogen and oxygen atoms in total. The van der Waals surface area contributed by atoms with Crippen LogP contribution in [-0.2, 0) is 11.2 Å². The van der Waals surface area contributed by atoms with E-state index in [4.69, 9.17) is 4.74 Å². The van der Waals surface area contributed by atoms with Crippen LogP contribution in [0.2, 0.25) is 0 Å². The first kappa shape index (κ1) is 18.0. The van der Waals surface area contributed by atoms with Gasteiger partial charge in [-0.25, -0.2) is 9.37 Å². The summed E-state index contributed by atoms with van der Waals surface area (Å²) in [5.74, 6) is 0.635. The number of hydrogen-bond donors (Lipinski definition) is 0. The van der Waals surface area contributed by atoms with Crippen molar-refractivity contribution in [3.63, 3.8) is 0 Å². The zero-order valence-electron chi connectivity index (χ0n) is 15.6. The number of piperidine rings is 1. The topological polar surface area (TPSA) is 42.4 Å². The molecule has 0 N–H and O–H groups in total. The van der Waals surface area contributed by atoms with Crippen molar-refractivity contribution in [2.45, 2.75) is 63.6 Å². The zero-order chi connectivity index (χ0) is 18.8. The predicted octanol–water partition coefficient (Wildman–Crippen LogP) is 4.06. The molecule has 0 saturated carbocycles. The Morgan fingerprint density at radius 2 is 2.00 bits per heavy atom. The lowest BCUT2D eigenvalue weighted by Crippen LogP contribution is -2.49. The monoisotopic (exact) mass is 368 g/mol. The number of pyridine rings is 1. The highest BCUT2D eigenvalue weighted by Crippen LogP contribution is 2.37. The number of hydrogen-bond acceptors (Lipinski definition) is 3. The van der Waals surface area contributed by atoms with Crippen LogP contribution in [0.5, 0.6) is 5.88 Å². The molecule has 0 spiro atoms. The number of aryl methyl sites for hydroxylation is 2. The van der Waals surface area contributed by atoms with Crippen LogP contribution < -0.4 is 4.74 Å². The molecular weight excluding hydrogens is 343 g/mol. The lowest BCUT2D eigenvalue weighted by Gasteiger charge is -2.38. The van der Waals surface area contributed by atoms with Gasteiger partial charge in [-0.3, -0.25) is 4.79 Å². The van der Waals surface area contributed by atoms with E-state index in [0.29, 0.717) is 24.3 Å². The van der Waals surface area contributed by atoms with Gasteiger partial charge in [-0.05, 0) is 49.4 Å². The Balaban J connectivity index is 1.34. The molecule has 4 rings (SSSR count). The molecule has 5 heteroatoms. The molecule has 2 aliphatic rings. The van der Waals surface area contributed by atoms with E-state index >= 15 is 0 Å². The van der Waals surface area contributed by atoms with Gasteiger partial charge in [-0.1, -0.05) is 18.2 Å². The molecule has 2 unspecified atom stereocenters. The van der Waals surface area contributed by atoms with Crippen LogP contribution in [0.4, 0.5) is 4.39 Å². The molecular formula is C22H25FN2O2. The molecule has 0 aliphatic carbocycles. The number of aromatic nitrogens is 1. The summed E-state index contributed by atoms with van der Waals surface area (Å²) in [4.78, 5) is 19.1. The van der Waals surface area contributed by atoms with E-state index in [1.54, 1.807) is 25.3 Å². The van der Waals surface area contributed by atoms with Gasteiger partial charge in [0.25, 0.3) is 0 Å². The Morgan fingerprint density at radius 3 is 2.67 bits per heavy atom. The molecule has 1 aromatic heterocycles. The van der Waals surface area contributed by atoms with Crippen LogP contribution in [0.15, 0.2) is 42.6 Å². The molecule has 2 saturated heterocycles. The summed E-state index contributed by atoms with van der Waals surface area (Å²) in [6.07, 6.45) is 6.66. The summed E-state index contributed by atoms with van der Waals surface area (Å²) in [7, 11) is 0. The number of benzene rings is 1. The smallest absolute Gasteiger partial charge is 0.223 e. The maximum Gasteiger partial charge on any atom is 0.223 e. The van der Waals surface area contributed by atoms with Crippen LogP contribution in [0, 0.1) is 12.7 Å². The third kappa shape index (κ3) is 3.97. The second-order valence-electron chi connectivity index (χ2n) is 7.65. The van der Waals surface area contributed by atoms with E-state index in [2.05, 4.69) is 9.88 Å². The van der Waals surface area contributed by atoms with E-state index in [9.17, 15) is 9.18 Å². The third-order valence-electron chi connectivity index (χ3n) is 5.77. The van der Waals surface area contributed by atoms with E-state index in [-0.39, 0.29) is 29.9 Å². The highest BCUT2D eigenvalue weighted by molar-refractivity contribution is 5.77. The van der Waals surface area contributed by atoms with Crippen molar-refractivity contribution < 1.29 is 13.9 Å². The first-order valence-electron chi connectivity index (χ1n) is 9.74. The number of halogens is 1. The van der Waals surface area contributed by atoms with Gasteiger partial charge in [0, 0.05) is 43.6 Å². The molecule has 142 valence electrons. The van der Waals surface area contributed by atoms with Crippen LogP contribution in [0.25, 0.3) is 0 Å². The highest BCUT2D eigenvalue weighted by Gasteiger charge is 2.43. The summed E-state index contributed by atoms with van der Waals surface area (Å²) >= 11 is 0. The average Bonchev–Trinajstić information content (AvgIpc) is 2.94. The summed E-state index contributed by atoms with van der Waals surface area (Å²) in [5.41, 5.74) is 1.52. The number of nitrogens with zero attached hydrogens (tertiary/aromatic N) is 2. The Labute approximate surface area is 159 Å². The molecule has 2 atom stereocenters. The van der Waals surface area contributed by atoms with Crippen LogP contribution in [0.1, 0.15) is 43.2 Å². The summed E-state index contributed by atoms with van der Waals surface area (Å²) in [5, 5.41) is 0. The largest absolute Gasteiger partial charge is 0.474 e. The quantitative estimate of drug-likeness (QED) is 0.799. The molecule has 2 fully saturated rings. The molecule has 1 amide bonds. The van der Waals surface area contributed by atoms with Crippen molar-refractivity contribution in [2.24, 2.45) is 0 Å². The maximum atomic E-state index is 13.7. The number of carbonyl (C=O) groups is 1. The van der Waals surface area contributed by atoms with Gasteiger partial charge < -0.3 is 9.64 Å². The number of carbonyl (C=O) groups excluding carboxylic acids is 1. The molecule has 3 heterocycles. The van der Waals surface area contributed by atoms with Gasteiger partial charge in [0.05, 0.1) is 0 Å². The number of fused-ring (bicyclic) bond motifs is 2. The van der Waals surface area contributed by atoms with Crippen molar-refractivity contribution in [1.82, 2.24) is 9.88 Å². The first-order valence-corrected chi connectivity index (χ1v) is 9.74. The van der Waals surface area contributed by atoms with Gasteiger partial charge in [0.15, 0.2) is 0 Å². The standard InChI is InChI=1S/C22H25FN2O2/c1-15-5-6-16(12-20(15)23)7-10-22(26)25-17-8-9-18(25)14-19(13-17)27-21-4-2-3-11-24-21/h2-6,11-12,17-19H,7-10,13-14H2,1H3. The summed E-state index contributed by atoms with van der Waals surface area (Å²) in [6, 6.07) is 11.4. The first-order chi connectivity index (χ1) is 13.1. The lowest BCUT2D eigenvalue weighted by molar-refractivity contribution is -0.137. The molecule has 0 radical (unpaired) electrons. The Bertz CT molecular complexity index is 797. The molecule has 1 aromatic carbocycles. The number of amides is 1. The van der Waals surface area contributed by atoms with Crippen molar-refractivity contribution in [1.29, 1.82) is 0 Å². The fraction of sp³-hybridized carbons (Fsp3) is 0.455. The van der Waals surface area contributed by atoms with Crippen molar-refractivity contribution in [3.8, 4) is 5.88 Å². The lowest BCUT2D eigenvalue weighted by atomic mass is 9.98. The average molecular weight is 368 g/mol. The van der Waals surface area contributed by atoms with E-state index < -0.39 is 0 Å². The normalized spacial score (nSPS) is 24.1. The van der Waals surface area contributed by atoms with E-state index in [0.717, 1.165) is 31.2 Å². The Morgan fingerprint density at radius 1 is 1.22 bits per heavy atom. The maximum absolute atomic E-state index is 13.7.